The molecule has 3 N–H and O–H groups in total. The number of hydrogen-bond acceptors (Lipinski definition) is 5. The van der Waals surface area contributed by atoms with Crippen molar-refractivity contribution in [2.45, 2.75) is 35.4 Å². The average molecular weight is 552 g/mol. The van der Waals surface area contributed by atoms with Crippen LogP contribution in [0.25, 0.3) is 0 Å². The van der Waals surface area contributed by atoms with Crippen LogP contribution >= 0.6 is 23.4 Å². The molecular formula is C25H21ClF3N3O4S. The second-order valence-corrected chi connectivity index (χ2v) is 9.35. The Morgan fingerprint density at radius 2 is 1.41 bits per heavy atom. The first-order chi connectivity index (χ1) is 17.4. The van der Waals surface area contributed by atoms with Crippen LogP contribution in [0.5, 0.6) is 0 Å². The molecule has 37 heavy (non-hydrogen) atoms. The van der Waals surface area contributed by atoms with Crippen molar-refractivity contribution >= 4 is 58.3 Å². The van der Waals surface area contributed by atoms with Gasteiger partial charge in [-0.1, -0.05) is 41.6 Å². The van der Waals surface area contributed by atoms with Crippen LogP contribution in [0.1, 0.15) is 13.8 Å². The normalized spacial score (nSPS) is 12.7. The molecule has 7 nitrogen and oxygen atoms in total. The van der Waals surface area contributed by atoms with E-state index in [-0.39, 0.29) is 10.7 Å². The summed E-state index contributed by atoms with van der Waals surface area (Å²) in [6.07, 6.45) is -5.14. The Balaban J connectivity index is 1.63. The van der Waals surface area contributed by atoms with E-state index in [1.54, 1.807) is 54.6 Å². The highest BCUT2D eigenvalue weighted by molar-refractivity contribution is 7.99. The number of para-hydroxylation sites is 1. The highest BCUT2D eigenvalue weighted by atomic mass is 35.5. The minimum atomic E-state index is -5.14. The van der Waals surface area contributed by atoms with E-state index in [0.29, 0.717) is 23.2 Å². The Hall–Kier alpha value is -3.70. The van der Waals surface area contributed by atoms with Gasteiger partial charge in [0.1, 0.15) is 0 Å². The molecule has 0 saturated carbocycles. The van der Waals surface area contributed by atoms with Gasteiger partial charge in [-0.2, -0.15) is 13.2 Å². The Labute approximate surface area is 219 Å². The van der Waals surface area contributed by atoms with Gasteiger partial charge in [-0.15, -0.1) is 0 Å². The van der Waals surface area contributed by atoms with E-state index in [0.717, 1.165) is 11.8 Å². The molecule has 3 rings (SSSR count). The van der Waals surface area contributed by atoms with Gasteiger partial charge in [0.05, 0.1) is 10.7 Å². The molecule has 3 aromatic carbocycles. The zero-order valence-corrected chi connectivity index (χ0v) is 21.1. The van der Waals surface area contributed by atoms with Crippen LogP contribution in [0.4, 0.5) is 35.0 Å². The van der Waals surface area contributed by atoms with E-state index < -0.39 is 29.7 Å². The summed E-state index contributed by atoms with van der Waals surface area (Å²) in [4.78, 5) is 37.0. The number of carbonyl (C=O) groups excluding carboxylic acids is 3. The maximum Gasteiger partial charge on any atom is 0.437 e. The van der Waals surface area contributed by atoms with Gasteiger partial charge >= 0.3 is 18.2 Å². The van der Waals surface area contributed by atoms with Crippen molar-refractivity contribution in [1.82, 2.24) is 0 Å². The number of anilines is 3. The van der Waals surface area contributed by atoms with Gasteiger partial charge in [-0.25, -0.2) is 4.79 Å². The third kappa shape index (κ3) is 7.40. The summed E-state index contributed by atoms with van der Waals surface area (Å²) in [5.74, 6) is -2.84. The number of rotatable bonds is 7. The number of ether oxygens (including phenoxy) is 1. The van der Waals surface area contributed by atoms with Crippen molar-refractivity contribution < 1.29 is 32.3 Å². The molecule has 0 aliphatic heterocycles. The molecule has 0 fully saturated rings. The lowest BCUT2D eigenvalue weighted by molar-refractivity contribution is -0.253. The first kappa shape index (κ1) is 27.9. The maximum atomic E-state index is 13.4. The second-order valence-electron chi connectivity index (χ2n) is 7.79. The van der Waals surface area contributed by atoms with Crippen molar-refractivity contribution in [1.29, 1.82) is 0 Å². The molecule has 0 radical (unpaired) electrons. The van der Waals surface area contributed by atoms with E-state index in [1.165, 1.54) is 23.9 Å². The molecule has 0 aliphatic rings. The summed E-state index contributed by atoms with van der Waals surface area (Å²) >= 11 is 7.49. The monoisotopic (exact) mass is 551 g/mol. The molecule has 3 aromatic rings. The summed E-state index contributed by atoms with van der Waals surface area (Å²) < 4.78 is 44.5. The molecule has 1 atom stereocenters. The molecule has 0 bridgehead atoms. The molecule has 194 valence electrons. The standard InChI is InChI=1S/C25H21ClF3N3O4S/c1-15(33)36-24(2,25(27,28)29)22(34)32-21-13-12-19(14-20(21)26)37-18-10-8-17(9-11-18)31-23(35)30-16-6-4-3-5-7-16/h3-14H,1-2H3,(H,32,34)(H2,30,31,35)/t24-/m1/s1. The molecule has 0 aromatic heterocycles. The van der Waals surface area contributed by atoms with Crippen molar-refractivity contribution in [3.8, 4) is 0 Å². The largest absolute Gasteiger partial charge is 0.439 e. The number of esters is 1. The fraction of sp³-hybridized carbons (Fsp3) is 0.160. The number of benzene rings is 3. The van der Waals surface area contributed by atoms with E-state index >= 15 is 0 Å². The molecule has 3 amide bonds. The van der Waals surface area contributed by atoms with Gasteiger partial charge in [0.25, 0.3) is 11.5 Å². The first-order valence-corrected chi connectivity index (χ1v) is 11.8. The summed E-state index contributed by atoms with van der Waals surface area (Å²) in [7, 11) is 0. The number of carbonyl (C=O) groups is 3. The van der Waals surface area contributed by atoms with Gasteiger partial charge in [0.2, 0.25) is 0 Å². The third-order valence-corrected chi connectivity index (χ3v) is 6.20. The number of hydrogen-bond donors (Lipinski definition) is 3. The number of halogens is 4. The second kappa shape index (κ2) is 11.6. The van der Waals surface area contributed by atoms with Gasteiger partial charge in [0.15, 0.2) is 0 Å². The van der Waals surface area contributed by atoms with Crippen LogP contribution < -0.4 is 16.0 Å². The van der Waals surface area contributed by atoms with Crippen LogP contribution in [0.2, 0.25) is 5.02 Å². The third-order valence-electron chi connectivity index (χ3n) is 4.89. The molecule has 0 saturated heterocycles. The molecule has 0 aliphatic carbocycles. The Bertz CT molecular complexity index is 1290. The lowest BCUT2D eigenvalue weighted by Gasteiger charge is -2.29. The fourth-order valence-electron chi connectivity index (χ4n) is 2.98. The minimum absolute atomic E-state index is 0.0124. The Morgan fingerprint density at radius 3 is 1.95 bits per heavy atom. The molecule has 0 unspecified atom stereocenters. The highest BCUT2D eigenvalue weighted by Gasteiger charge is 2.60. The zero-order chi connectivity index (χ0) is 27.2. The van der Waals surface area contributed by atoms with Crippen LogP contribution in [0, 0.1) is 0 Å². The van der Waals surface area contributed by atoms with Crippen LogP contribution in [0.15, 0.2) is 82.6 Å². The maximum absolute atomic E-state index is 13.4. The molecule has 0 heterocycles. The Morgan fingerprint density at radius 1 is 0.838 bits per heavy atom. The topological polar surface area (TPSA) is 96.5 Å². The van der Waals surface area contributed by atoms with Gasteiger partial charge in [-0.05, 0) is 61.5 Å². The first-order valence-electron chi connectivity index (χ1n) is 10.7. The van der Waals surface area contributed by atoms with Crippen LogP contribution in [-0.2, 0) is 14.3 Å². The predicted octanol–water partition coefficient (Wildman–Crippen LogP) is 6.96. The van der Waals surface area contributed by atoms with E-state index in [1.807, 2.05) is 6.07 Å². The summed E-state index contributed by atoms with van der Waals surface area (Å²) in [6, 6.07) is 19.9. The van der Waals surface area contributed by atoms with E-state index in [2.05, 4.69) is 20.7 Å². The van der Waals surface area contributed by atoms with E-state index in [9.17, 15) is 27.6 Å². The van der Waals surface area contributed by atoms with Crippen molar-refractivity contribution in [3.63, 3.8) is 0 Å². The molecule has 0 spiro atoms. The van der Waals surface area contributed by atoms with Crippen molar-refractivity contribution in [3.05, 3.63) is 77.8 Å². The summed E-state index contributed by atoms with van der Waals surface area (Å²) in [5.41, 5.74) is -2.25. The van der Waals surface area contributed by atoms with Crippen LogP contribution in [-0.4, -0.2) is 29.7 Å². The van der Waals surface area contributed by atoms with Crippen molar-refractivity contribution in [2.75, 3.05) is 16.0 Å². The SMILES string of the molecule is CC(=O)O[C@](C)(C(=O)Nc1ccc(Sc2ccc(NC(=O)Nc3ccccc3)cc2)cc1Cl)C(F)(F)F. The quantitative estimate of drug-likeness (QED) is 0.276. The summed E-state index contributed by atoms with van der Waals surface area (Å²) in [5, 5.41) is 7.49. The van der Waals surface area contributed by atoms with Gasteiger partial charge in [-0.3, -0.25) is 9.59 Å². The predicted molar refractivity (Wildman–Crippen MR) is 136 cm³/mol. The smallest absolute Gasteiger partial charge is 0.437 e. The average Bonchev–Trinajstić information content (AvgIpc) is 2.81. The van der Waals surface area contributed by atoms with Crippen molar-refractivity contribution in [2.24, 2.45) is 0 Å². The van der Waals surface area contributed by atoms with E-state index in [4.69, 9.17) is 11.6 Å². The molecular weight excluding hydrogens is 531 g/mol. The summed E-state index contributed by atoms with van der Waals surface area (Å²) in [6.45, 7) is 1.24. The highest BCUT2D eigenvalue weighted by Crippen LogP contribution is 2.37. The van der Waals surface area contributed by atoms with Gasteiger partial charge in [0, 0.05) is 28.1 Å². The number of urea groups is 1. The fourth-order valence-corrected chi connectivity index (χ4v) is 4.13. The number of amides is 3. The number of alkyl halides is 3. The lowest BCUT2D eigenvalue weighted by Crippen LogP contribution is -2.55. The van der Waals surface area contributed by atoms with Crippen LogP contribution in [0.3, 0.4) is 0 Å². The van der Waals surface area contributed by atoms with Gasteiger partial charge < -0.3 is 20.7 Å². The lowest BCUT2D eigenvalue weighted by atomic mass is 10.0. The number of nitrogens with one attached hydrogen (secondary N) is 3. The zero-order valence-electron chi connectivity index (χ0n) is 19.5. The molecule has 12 heteroatoms. The minimum Gasteiger partial charge on any atom is -0.439 e. The Kier molecular flexibility index (Phi) is 8.72.